The van der Waals surface area contributed by atoms with Crippen LogP contribution in [0, 0.1) is 0 Å². The first kappa shape index (κ1) is 17.1. The Bertz CT molecular complexity index is 746. The van der Waals surface area contributed by atoms with Crippen molar-refractivity contribution in [1.29, 1.82) is 0 Å². The molecule has 2 aromatic carbocycles. The summed E-state index contributed by atoms with van der Waals surface area (Å²) in [5.41, 5.74) is 3.57. The van der Waals surface area contributed by atoms with Gasteiger partial charge in [0.2, 0.25) is 0 Å². The van der Waals surface area contributed by atoms with Crippen LogP contribution in [0.15, 0.2) is 48.5 Å². The van der Waals surface area contributed by atoms with Gasteiger partial charge in [-0.15, -0.1) is 0 Å². The standard InChI is InChI=1S/C21H24N2O3/c24-21(20-13-16-5-3-4-8-19(16)26-20)22-14-17-6-1-2-7-18(17)15-23-9-11-25-12-10-23/h1-8,20H,9-15H2,(H,22,24)/p+1/t20-/m1/s1. The maximum absolute atomic E-state index is 12.5. The summed E-state index contributed by atoms with van der Waals surface area (Å²) < 4.78 is 11.2. The highest BCUT2D eigenvalue weighted by molar-refractivity contribution is 5.82. The smallest absolute Gasteiger partial charge is 0.261 e. The van der Waals surface area contributed by atoms with Gasteiger partial charge in [-0.05, 0) is 17.2 Å². The number of hydrogen-bond donors (Lipinski definition) is 2. The zero-order valence-corrected chi connectivity index (χ0v) is 14.9. The average molecular weight is 353 g/mol. The lowest BCUT2D eigenvalue weighted by Gasteiger charge is -2.24. The van der Waals surface area contributed by atoms with Gasteiger partial charge in [-0.1, -0.05) is 42.5 Å². The van der Waals surface area contributed by atoms with Gasteiger partial charge in [-0.3, -0.25) is 4.79 Å². The van der Waals surface area contributed by atoms with E-state index in [9.17, 15) is 4.79 Å². The third-order valence-corrected chi connectivity index (χ3v) is 5.15. The van der Waals surface area contributed by atoms with Crippen LogP contribution in [-0.2, 0) is 29.0 Å². The van der Waals surface area contributed by atoms with E-state index in [1.807, 2.05) is 30.3 Å². The van der Waals surface area contributed by atoms with Crippen molar-refractivity contribution in [1.82, 2.24) is 5.32 Å². The van der Waals surface area contributed by atoms with E-state index in [2.05, 4.69) is 23.5 Å². The van der Waals surface area contributed by atoms with Gasteiger partial charge < -0.3 is 19.7 Å². The molecule has 1 saturated heterocycles. The summed E-state index contributed by atoms with van der Waals surface area (Å²) in [6, 6.07) is 16.2. The van der Waals surface area contributed by atoms with Gasteiger partial charge in [0.1, 0.15) is 25.4 Å². The Hall–Kier alpha value is -2.37. The summed E-state index contributed by atoms with van der Waals surface area (Å²) in [5, 5.41) is 3.06. The number of quaternary nitrogens is 1. The molecule has 0 bridgehead atoms. The van der Waals surface area contributed by atoms with E-state index >= 15 is 0 Å². The number of ether oxygens (including phenoxy) is 2. The second-order valence-electron chi connectivity index (χ2n) is 6.94. The van der Waals surface area contributed by atoms with Crippen LogP contribution < -0.4 is 15.0 Å². The normalized spacial score (nSPS) is 19.6. The van der Waals surface area contributed by atoms with E-state index in [-0.39, 0.29) is 5.91 Å². The molecule has 5 heteroatoms. The molecule has 2 aromatic rings. The van der Waals surface area contributed by atoms with Crippen molar-refractivity contribution in [2.24, 2.45) is 0 Å². The fraction of sp³-hybridized carbons (Fsp3) is 0.381. The van der Waals surface area contributed by atoms with Gasteiger partial charge in [0.05, 0.1) is 13.2 Å². The molecule has 0 aromatic heterocycles. The predicted molar refractivity (Wildman–Crippen MR) is 98.1 cm³/mol. The molecule has 0 aliphatic carbocycles. The van der Waals surface area contributed by atoms with E-state index in [1.165, 1.54) is 16.0 Å². The third kappa shape index (κ3) is 3.89. The molecule has 2 heterocycles. The van der Waals surface area contributed by atoms with Gasteiger partial charge in [0, 0.05) is 18.5 Å². The second kappa shape index (κ2) is 7.89. The molecular weight excluding hydrogens is 328 g/mol. The van der Waals surface area contributed by atoms with E-state index < -0.39 is 6.10 Å². The fourth-order valence-corrected chi connectivity index (χ4v) is 3.63. The number of nitrogens with one attached hydrogen (secondary N) is 2. The zero-order valence-electron chi connectivity index (χ0n) is 14.9. The number of rotatable bonds is 5. The molecule has 0 spiro atoms. The van der Waals surface area contributed by atoms with Crippen LogP contribution in [0.5, 0.6) is 5.75 Å². The van der Waals surface area contributed by atoms with Gasteiger partial charge in [-0.25, -0.2) is 0 Å². The van der Waals surface area contributed by atoms with E-state index in [1.54, 1.807) is 0 Å². The van der Waals surface area contributed by atoms with Crippen molar-refractivity contribution in [3.8, 4) is 5.75 Å². The number of amides is 1. The van der Waals surface area contributed by atoms with Crippen molar-refractivity contribution < 1.29 is 19.2 Å². The molecule has 1 fully saturated rings. The van der Waals surface area contributed by atoms with E-state index in [0.717, 1.165) is 44.2 Å². The second-order valence-corrected chi connectivity index (χ2v) is 6.94. The largest absolute Gasteiger partial charge is 0.480 e. The lowest BCUT2D eigenvalue weighted by molar-refractivity contribution is -0.921. The highest BCUT2D eigenvalue weighted by atomic mass is 16.5. The van der Waals surface area contributed by atoms with Gasteiger partial charge in [0.15, 0.2) is 6.10 Å². The molecule has 1 amide bonds. The van der Waals surface area contributed by atoms with Crippen LogP contribution in [0.2, 0.25) is 0 Å². The summed E-state index contributed by atoms with van der Waals surface area (Å²) in [4.78, 5) is 14.1. The Balaban J connectivity index is 1.35. The van der Waals surface area contributed by atoms with E-state index in [4.69, 9.17) is 9.47 Å². The Labute approximate surface area is 153 Å². The number of carbonyl (C=O) groups is 1. The van der Waals surface area contributed by atoms with Crippen LogP contribution in [-0.4, -0.2) is 38.3 Å². The van der Waals surface area contributed by atoms with Crippen LogP contribution >= 0.6 is 0 Å². The Kier molecular flexibility index (Phi) is 5.18. The molecule has 2 aliphatic heterocycles. The first-order valence-corrected chi connectivity index (χ1v) is 9.30. The number of morpholine rings is 1. The van der Waals surface area contributed by atoms with Crippen LogP contribution in [0.25, 0.3) is 0 Å². The van der Waals surface area contributed by atoms with Gasteiger partial charge in [0.25, 0.3) is 5.91 Å². The van der Waals surface area contributed by atoms with Crippen molar-refractivity contribution in [3.05, 3.63) is 65.2 Å². The molecule has 0 saturated carbocycles. The molecule has 4 rings (SSSR count). The van der Waals surface area contributed by atoms with E-state index in [0.29, 0.717) is 13.0 Å². The maximum Gasteiger partial charge on any atom is 0.261 e. The molecule has 1 atom stereocenters. The summed E-state index contributed by atoms with van der Waals surface area (Å²) in [6.45, 7) is 5.24. The average Bonchev–Trinajstić information content (AvgIpc) is 3.12. The third-order valence-electron chi connectivity index (χ3n) is 5.15. The van der Waals surface area contributed by atoms with Crippen molar-refractivity contribution in [3.63, 3.8) is 0 Å². The van der Waals surface area contributed by atoms with Crippen LogP contribution in [0.1, 0.15) is 16.7 Å². The Morgan fingerprint density at radius 1 is 1.04 bits per heavy atom. The topological polar surface area (TPSA) is 52.0 Å². The molecular formula is C21H25N2O3+. The molecule has 5 nitrogen and oxygen atoms in total. The van der Waals surface area contributed by atoms with Crippen molar-refractivity contribution in [2.45, 2.75) is 25.6 Å². The zero-order chi connectivity index (χ0) is 17.8. The Morgan fingerprint density at radius 3 is 2.58 bits per heavy atom. The predicted octanol–water partition coefficient (Wildman–Crippen LogP) is 0.722. The quantitative estimate of drug-likeness (QED) is 0.833. The highest BCUT2D eigenvalue weighted by Crippen LogP contribution is 2.28. The minimum absolute atomic E-state index is 0.0466. The lowest BCUT2D eigenvalue weighted by Crippen LogP contribution is -3.12. The lowest BCUT2D eigenvalue weighted by atomic mass is 10.1. The maximum atomic E-state index is 12.5. The summed E-state index contributed by atoms with van der Waals surface area (Å²) in [6.07, 6.45) is 0.214. The number of benzene rings is 2. The van der Waals surface area contributed by atoms with Crippen LogP contribution in [0.4, 0.5) is 0 Å². The summed E-state index contributed by atoms with van der Waals surface area (Å²) in [5.74, 6) is 0.777. The molecule has 136 valence electrons. The highest BCUT2D eigenvalue weighted by Gasteiger charge is 2.28. The minimum Gasteiger partial charge on any atom is -0.480 e. The van der Waals surface area contributed by atoms with Crippen molar-refractivity contribution in [2.75, 3.05) is 26.3 Å². The monoisotopic (exact) mass is 353 g/mol. The first-order chi connectivity index (χ1) is 12.8. The number of fused-ring (bicyclic) bond motifs is 1. The summed E-state index contributed by atoms with van der Waals surface area (Å²) in [7, 11) is 0. The molecule has 26 heavy (non-hydrogen) atoms. The molecule has 2 aliphatic rings. The SMILES string of the molecule is O=C(NCc1ccccc1C[NH+]1CCOCC1)[C@H]1Cc2ccccc2O1. The Morgan fingerprint density at radius 2 is 1.77 bits per heavy atom. The number of hydrogen-bond acceptors (Lipinski definition) is 3. The minimum atomic E-state index is -0.426. The van der Waals surface area contributed by atoms with Crippen molar-refractivity contribution >= 4 is 5.91 Å². The molecule has 0 unspecified atom stereocenters. The van der Waals surface area contributed by atoms with Crippen LogP contribution in [0.3, 0.4) is 0 Å². The fourth-order valence-electron chi connectivity index (χ4n) is 3.63. The molecule has 0 radical (unpaired) electrons. The van der Waals surface area contributed by atoms with Gasteiger partial charge in [-0.2, -0.15) is 0 Å². The molecule has 2 N–H and O–H groups in total. The first-order valence-electron chi connectivity index (χ1n) is 9.30. The van der Waals surface area contributed by atoms with Gasteiger partial charge >= 0.3 is 0 Å². The summed E-state index contributed by atoms with van der Waals surface area (Å²) >= 11 is 0. The number of para-hydroxylation sites is 1. The number of carbonyl (C=O) groups excluding carboxylic acids is 1.